The van der Waals surface area contributed by atoms with E-state index in [1.54, 1.807) is 0 Å². The van der Waals surface area contributed by atoms with Crippen molar-refractivity contribution in [2.45, 2.75) is 64.3 Å². The summed E-state index contributed by atoms with van der Waals surface area (Å²) in [7, 11) is 0. The molecule has 2 nitrogen and oxygen atoms in total. The van der Waals surface area contributed by atoms with E-state index in [1.165, 1.54) is 77.5 Å². The predicted molar refractivity (Wildman–Crippen MR) is 74.3 cm³/mol. The fraction of sp³-hybridized carbons (Fsp3) is 1.00. The van der Waals surface area contributed by atoms with Gasteiger partial charge < -0.3 is 10.2 Å². The van der Waals surface area contributed by atoms with Crippen LogP contribution in [0.15, 0.2) is 0 Å². The maximum Gasteiger partial charge on any atom is 0.0107 e. The first-order valence-electron chi connectivity index (χ1n) is 7.80. The van der Waals surface area contributed by atoms with Gasteiger partial charge in [-0.25, -0.2) is 0 Å². The van der Waals surface area contributed by atoms with E-state index >= 15 is 0 Å². The molecule has 1 saturated carbocycles. The summed E-state index contributed by atoms with van der Waals surface area (Å²) in [4.78, 5) is 2.65. The lowest BCUT2D eigenvalue weighted by atomic mass is 9.81. The molecule has 1 atom stereocenters. The number of hydrogen-bond acceptors (Lipinski definition) is 2. The van der Waals surface area contributed by atoms with Gasteiger partial charge in [-0.3, -0.25) is 0 Å². The molecule has 1 aliphatic carbocycles. The summed E-state index contributed by atoms with van der Waals surface area (Å²) in [5.41, 5.74) is 0. The Labute approximate surface area is 107 Å². The zero-order valence-corrected chi connectivity index (χ0v) is 11.6. The molecule has 0 aromatic rings. The lowest BCUT2D eigenvalue weighted by Gasteiger charge is -2.29. The van der Waals surface area contributed by atoms with E-state index in [0.29, 0.717) is 0 Å². The second kappa shape index (κ2) is 7.38. The third-order valence-electron chi connectivity index (χ3n) is 4.53. The minimum absolute atomic E-state index is 0.729. The molecule has 1 heterocycles. The quantitative estimate of drug-likeness (QED) is 0.765. The number of likely N-dealkylation sites (tertiary alicyclic amines) is 1. The molecule has 2 fully saturated rings. The smallest absolute Gasteiger partial charge is 0.0107 e. The van der Waals surface area contributed by atoms with Gasteiger partial charge in [-0.2, -0.15) is 0 Å². The summed E-state index contributed by atoms with van der Waals surface area (Å²) in [5.74, 6) is 1.04. The van der Waals surface area contributed by atoms with Gasteiger partial charge in [0.15, 0.2) is 0 Å². The van der Waals surface area contributed by atoms with Crippen molar-refractivity contribution in [3.8, 4) is 0 Å². The molecule has 1 N–H and O–H groups in total. The molecule has 0 spiro atoms. The van der Waals surface area contributed by atoms with Gasteiger partial charge >= 0.3 is 0 Å². The average Bonchev–Trinajstić information content (AvgIpc) is 2.52. The molecule has 100 valence electrons. The van der Waals surface area contributed by atoms with Gasteiger partial charge in [-0.1, -0.05) is 32.1 Å². The third kappa shape index (κ3) is 4.97. The van der Waals surface area contributed by atoms with Crippen molar-refractivity contribution < 1.29 is 0 Å². The highest BCUT2D eigenvalue weighted by molar-refractivity contribution is 4.75. The van der Waals surface area contributed by atoms with Crippen LogP contribution in [0.5, 0.6) is 0 Å². The van der Waals surface area contributed by atoms with Gasteiger partial charge in [0.05, 0.1) is 0 Å². The summed E-state index contributed by atoms with van der Waals surface area (Å²) in [6.45, 7) is 7.47. The molecule has 17 heavy (non-hydrogen) atoms. The van der Waals surface area contributed by atoms with Crippen LogP contribution in [0.4, 0.5) is 0 Å². The second-order valence-corrected chi connectivity index (χ2v) is 6.14. The molecule has 0 aromatic carbocycles. The average molecular weight is 238 g/mol. The van der Waals surface area contributed by atoms with E-state index in [0.717, 1.165) is 12.0 Å². The molecule has 0 bridgehead atoms. The number of rotatable bonds is 6. The lowest BCUT2D eigenvalue weighted by molar-refractivity contribution is 0.250. The second-order valence-electron chi connectivity index (χ2n) is 6.14. The SMILES string of the molecule is CC(CC1CCC1)NCCN1CCCCCC1. The summed E-state index contributed by atoms with van der Waals surface area (Å²) in [5, 5.41) is 3.71. The van der Waals surface area contributed by atoms with Gasteiger partial charge in [0.2, 0.25) is 0 Å². The molecule has 1 aliphatic heterocycles. The van der Waals surface area contributed by atoms with Gasteiger partial charge in [0, 0.05) is 19.1 Å². The minimum atomic E-state index is 0.729. The summed E-state index contributed by atoms with van der Waals surface area (Å²) in [6, 6.07) is 0.729. The van der Waals surface area contributed by atoms with E-state index in [1.807, 2.05) is 0 Å². The Morgan fingerprint density at radius 3 is 2.35 bits per heavy atom. The Morgan fingerprint density at radius 2 is 1.76 bits per heavy atom. The van der Waals surface area contributed by atoms with Crippen LogP contribution in [-0.2, 0) is 0 Å². The first kappa shape index (κ1) is 13.4. The molecule has 0 aromatic heterocycles. The van der Waals surface area contributed by atoms with E-state index in [9.17, 15) is 0 Å². The van der Waals surface area contributed by atoms with Crippen LogP contribution in [-0.4, -0.2) is 37.1 Å². The fourth-order valence-corrected chi connectivity index (χ4v) is 3.14. The third-order valence-corrected chi connectivity index (χ3v) is 4.53. The van der Waals surface area contributed by atoms with Gasteiger partial charge in [-0.05, 0) is 45.2 Å². The Kier molecular flexibility index (Phi) is 5.79. The van der Waals surface area contributed by atoms with E-state index < -0.39 is 0 Å². The van der Waals surface area contributed by atoms with Crippen LogP contribution >= 0.6 is 0 Å². The summed E-state index contributed by atoms with van der Waals surface area (Å²) < 4.78 is 0. The standard InChI is InChI=1S/C15H30N2/c1-14(13-15-7-6-8-15)16-9-12-17-10-4-2-3-5-11-17/h14-16H,2-13H2,1H3. The Bertz CT molecular complexity index is 193. The van der Waals surface area contributed by atoms with Crippen molar-refractivity contribution in [1.29, 1.82) is 0 Å². The Morgan fingerprint density at radius 1 is 1.06 bits per heavy atom. The molecule has 2 heteroatoms. The topological polar surface area (TPSA) is 15.3 Å². The van der Waals surface area contributed by atoms with Crippen molar-refractivity contribution in [3.05, 3.63) is 0 Å². The van der Waals surface area contributed by atoms with Crippen molar-refractivity contribution in [1.82, 2.24) is 10.2 Å². The van der Waals surface area contributed by atoms with Crippen LogP contribution in [0.25, 0.3) is 0 Å². The zero-order chi connectivity index (χ0) is 11.9. The molecule has 1 unspecified atom stereocenters. The van der Waals surface area contributed by atoms with Crippen molar-refractivity contribution in [3.63, 3.8) is 0 Å². The number of nitrogens with one attached hydrogen (secondary N) is 1. The normalized spacial score (nSPS) is 25.2. The number of hydrogen-bond donors (Lipinski definition) is 1. The monoisotopic (exact) mass is 238 g/mol. The molecule has 2 rings (SSSR count). The molecule has 0 radical (unpaired) electrons. The van der Waals surface area contributed by atoms with Gasteiger partial charge in [0.25, 0.3) is 0 Å². The predicted octanol–water partition coefficient (Wildman–Crippen LogP) is 3.03. The van der Waals surface area contributed by atoms with Gasteiger partial charge in [-0.15, -0.1) is 0 Å². The van der Waals surface area contributed by atoms with Crippen LogP contribution in [0.3, 0.4) is 0 Å². The first-order chi connectivity index (χ1) is 8.34. The lowest BCUT2D eigenvalue weighted by Crippen LogP contribution is -2.37. The summed E-state index contributed by atoms with van der Waals surface area (Å²) >= 11 is 0. The Balaban J connectivity index is 1.51. The first-order valence-corrected chi connectivity index (χ1v) is 7.80. The molecule has 0 amide bonds. The Hall–Kier alpha value is -0.0800. The maximum atomic E-state index is 3.71. The van der Waals surface area contributed by atoms with Crippen molar-refractivity contribution in [2.75, 3.05) is 26.2 Å². The highest BCUT2D eigenvalue weighted by Gasteiger charge is 2.19. The summed E-state index contributed by atoms with van der Waals surface area (Å²) in [6.07, 6.45) is 11.6. The highest BCUT2D eigenvalue weighted by Crippen LogP contribution is 2.30. The molecular weight excluding hydrogens is 208 g/mol. The maximum absolute atomic E-state index is 3.71. The van der Waals surface area contributed by atoms with E-state index in [4.69, 9.17) is 0 Å². The molecule has 1 saturated heterocycles. The van der Waals surface area contributed by atoms with Crippen LogP contribution < -0.4 is 5.32 Å². The number of nitrogens with zero attached hydrogens (tertiary/aromatic N) is 1. The van der Waals surface area contributed by atoms with E-state index in [2.05, 4.69) is 17.1 Å². The van der Waals surface area contributed by atoms with Crippen molar-refractivity contribution in [2.24, 2.45) is 5.92 Å². The van der Waals surface area contributed by atoms with Crippen LogP contribution in [0.2, 0.25) is 0 Å². The largest absolute Gasteiger partial charge is 0.313 e. The molecular formula is C15H30N2. The van der Waals surface area contributed by atoms with Crippen molar-refractivity contribution >= 4 is 0 Å². The van der Waals surface area contributed by atoms with Crippen LogP contribution in [0.1, 0.15) is 58.3 Å². The minimum Gasteiger partial charge on any atom is -0.313 e. The van der Waals surface area contributed by atoms with Gasteiger partial charge in [0.1, 0.15) is 0 Å². The van der Waals surface area contributed by atoms with Crippen LogP contribution in [0, 0.1) is 5.92 Å². The fourth-order valence-electron chi connectivity index (χ4n) is 3.14. The highest BCUT2D eigenvalue weighted by atomic mass is 15.1. The molecule has 2 aliphatic rings. The van der Waals surface area contributed by atoms with E-state index in [-0.39, 0.29) is 0 Å². The zero-order valence-electron chi connectivity index (χ0n) is 11.6.